The number of unbranched alkanes of at least 4 members (excludes halogenated alkanes) is 5. The highest BCUT2D eigenvalue weighted by molar-refractivity contribution is 5.72. The molecule has 0 saturated carbocycles. The van der Waals surface area contributed by atoms with Crippen LogP contribution in [0, 0.1) is 0 Å². The second-order valence-electron chi connectivity index (χ2n) is 10.2. The van der Waals surface area contributed by atoms with Crippen molar-refractivity contribution in [1.82, 2.24) is 15.1 Å². The lowest BCUT2D eigenvalue weighted by molar-refractivity contribution is 0.0371. The molecule has 2 atom stereocenters. The lowest BCUT2D eigenvalue weighted by Crippen LogP contribution is -2.45. The molecule has 3 aliphatic rings. The summed E-state index contributed by atoms with van der Waals surface area (Å²) in [5.41, 5.74) is 2.61. The predicted molar refractivity (Wildman–Crippen MR) is 132 cm³/mol. The maximum atomic E-state index is 12.3. The van der Waals surface area contributed by atoms with E-state index in [-0.39, 0.29) is 11.5 Å². The fourth-order valence-corrected chi connectivity index (χ4v) is 5.94. The molecule has 1 aromatic carbocycles. The van der Waals surface area contributed by atoms with Crippen LogP contribution in [0.25, 0.3) is 0 Å². The van der Waals surface area contributed by atoms with Crippen molar-refractivity contribution in [3.05, 3.63) is 23.8 Å². The summed E-state index contributed by atoms with van der Waals surface area (Å²) in [4.78, 5) is 19.6. The molecule has 0 unspecified atom stereocenters. The fraction of sp³-hybridized carbons (Fsp3) is 0.731. The highest BCUT2D eigenvalue weighted by Gasteiger charge is 2.52. The molecular weight excluding hydrogens is 416 g/mol. The van der Waals surface area contributed by atoms with Gasteiger partial charge in [-0.15, -0.1) is 0 Å². The molecule has 1 aromatic rings. The van der Waals surface area contributed by atoms with Crippen molar-refractivity contribution in [3.63, 3.8) is 0 Å². The van der Waals surface area contributed by atoms with Crippen molar-refractivity contribution in [2.45, 2.75) is 63.5 Å². The number of carbonyl (C=O) groups excluding carboxylic acids is 1. The van der Waals surface area contributed by atoms with E-state index in [9.17, 15) is 4.79 Å². The number of amides is 1. The first-order valence-corrected chi connectivity index (χ1v) is 12.8. The lowest BCUT2D eigenvalue weighted by atomic mass is 9.81. The van der Waals surface area contributed by atoms with Crippen LogP contribution in [0.5, 0.6) is 5.75 Å². The zero-order valence-corrected chi connectivity index (χ0v) is 20.8. The van der Waals surface area contributed by atoms with E-state index in [1.807, 2.05) is 6.07 Å². The zero-order valence-electron chi connectivity index (χ0n) is 20.8. The Bertz CT molecular complexity index is 798. The molecule has 0 bridgehead atoms. The monoisotopic (exact) mass is 458 g/mol. The average molecular weight is 459 g/mol. The Hall–Kier alpha value is -1.83. The minimum Gasteiger partial charge on any atom is -0.410 e. The van der Waals surface area contributed by atoms with E-state index in [1.54, 1.807) is 0 Å². The van der Waals surface area contributed by atoms with Crippen LogP contribution in [-0.4, -0.2) is 82.1 Å². The molecule has 3 heterocycles. The number of benzene rings is 1. The van der Waals surface area contributed by atoms with Gasteiger partial charge in [-0.1, -0.05) is 32.6 Å². The molecule has 3 aliphatic heterocycles. The first kappa shape index (κ1) is 24.3. The summed E-state index contributed by atoms with van der Waals surface area (Å²) in [6.45, 7) is 9.23. The van der Waals surface area contributed by atoms with Crippen LogP contribution in [0.1, 0.15) is 57.4 Å². The van der Waals surface area contributed by atoms with Gasteiger partial charge in [0, 0.05) is 44.3 Å². The normalized spacial score (nSPS) is 25.2. The number of nitrogens with zero attached hydrogens (tertiary/aromatic N) is 3. The summed E-state index contributed by atoms with van der Waals surface area (Å²) < 4.78 is 11.0. The molecule has 2 saturated heterocycles. The van der Waals surface area contributed by atoms with Gasteiger partial charge in [0.15, 0.2) is 0 Å². The van der Waals surface area contributed by atoms with Gasteiger partial charge in [0.25, 0.3) is 0 Å². The third-order valence-corrected chi connectivity index (χ3v) is 7.79. The number of ether oxygens (including phenoxy) is 2. The van der Waals surface area contributed by atoms with Gasteiger partial charge in [-0.2, -0.15) is 0 Å². The highest BCUT2D eigenvalue weighted by atomic mass is 16.6. The van der Waals surface area contributed by atoms with Crippen LogP contribution < -0.4 is 15.0 Å². The van der Waals surface area contributed by atoms with Gasteiger partial charge in [0.05, 0.1) is 19.4 Å². The molecule has 33 heavy (non-hydrogen) atoms. The minimum atomic E-state index is -0.350. The summed E-state index contributed by atoms with van der Waals surface area (Å²) in [6, 6.07) is 6.08. The SMILES string of the molecule is CN1CC[C@@]2(C)c3cc(OC(=O)NCCCCCCCCN4CCOCC4)ccc3N(C)[C@@H]12. The number of hydrogen-bond acceptors (Lipinski definition) is 6. The van der Waals surface area contributed by atoms with Crippen LogP contribution in [0.15, 0.2) is 18.2 Å². The molecule has 0 spiro atoms. The number of hydrogen-bond donors (Lipinski definition) is 1. The van der Waals surface area contributed by atoms with Gasteiger partial charge in [-0.05, 0) is 56.6 Å². The average Bonchev–Trinajstić information content (AvgIpc) is 3.24. The molecule has 4 rings (SSSR count). The molecule has 0 aromatic heterocycles. The van der Waals surface area contributed by atoms with Gasteiger partial charge in [0.1, 0.15) is 5.75 Å². The van der Waals surface area contributed by atoms with E-state index >= 15 is 0 Å². The van der Waals surface area contributed by atoms with Crippen LogP contribution in [0.3, 0.4) is 0 Å². The number of morpholine rings is 1. The van der Waals surface area contributed by atoms with Crippen LogP contribution in [-0.2, 0) is 10.2 Å². The first-order valence-electron chi connectivity index (χ1n) is 12.8. The molecule has 7 nitrogen and oxygen atoms in total. The Balaban J connectivity index is 1.11. The van der Waals surface area contributed by atoms with Crippen molar-refractivity contribution in [2.24, 2.45) is 0 Å². The van der Waals surface area contributed by atoms with Crippen molar-refractivity contribution >= 4 is 11.8 Å². The molecule has 184 valence electrons. The standard InChI is InChI=1S/C26H42N4O3/c1-26-12-15-28(2)24(26)29(3)23-11-10-21(20-22(23)26)33-25(31)27-13-8-6-4-5-7-9-14-30-16-18-32-19-17-30/h10-11,20,24H,4-9,12-19H2,1-3H3,(H,27,31)/t24-,26+/m1/s1. The Morgan fingerprint density at radius 1 is 1.09 bits per heavy atom. The van der Waals surface area contributed by atoms with Crippen LogP contribution >= 0.6 is 0 Å². The zero-order chi connectivity index (χ0) is 23.3. The molecule has 0 aliphatic carbocycles. The Labute approximate surface area is 199 Å². The van der Waals surface area contributed by atoms with Gasteiger partial charge < -0.3 is 19.7 Å². The second kappa shape index (κ2) is 11.1. The molecule has 1 N–H and O–H groups in total. The van der Waals surface area contributed by atoms with E-state index in [1.165, 1.54) is 43.5 Å². The lowest BCUT2D eigenvalue weighted by Gasteiger charge is -2.32. The second-order valence-corrected chi connectivity index (χ2v) is 10.2. The molecule has 0 radical (unpaired) electrons. The van der Waals surface area contributed by atoms with Crippen molar-refractivity contribution in [1.29, 1.82) is 0 Å². The first-order chi connectivity index (χ1) is 16.0. The number of likely N-dealkylation sites (N-methyl/N-ethyl adjacent to an activating group) is 2. The number of likely N-dealkylation sites (tertiary alicyclic amines) is 1. The molecule has 2 fully saturated rings. The Morgan fingerprint density at radius 2 is 1.82 bits per heavy atom. The fourth-order valence-electron chi connectivity index (χ4n) is 5.94. The van der Waals surface area contributed by atoms with Gasteiger partial charge in [0.2, 0.25) is 0 Å². The molecule has 7 heteroatoms. The van der Waals surface area contributed by atoms with E-state index < -0.39 is 0 Å². The van der Waals surface area contributed by atoms with Crippen LogP contribution in [0.2, 0.25) is 0 Å². The van der Waals surface area contributed by atoms with Crippen molar-refractivity contribution in [3.8, 4) is 5.75 Å². The molecule has 1 amide bonds. The number of fused-ring (bicyclic) bond motifs is 3. The third-order valence-electron chi connectivity index (χ3n) is 7.79. The van der Waals surface area contributed by atoms with E-state index in [0.29, 0.717) is 18.5 Å². The van der Waals surface area contributed by atoms with Gasteiger partial charge >= 0.3 is 6.09 Å². The quantitative estimate of drug-likeness (QED) is 0.538. The van der Waals surface area contributed by atoms with Gasteiger partial charge in [-0.3, -0.25) is 9.80 Å². The third kappa shape index (κ3) is 5.64. The smallest absolute Gasteiger partial charge is 0.410 e. The Morgan fingerprint density at radius 3 is 2.61 bits per heavy atom. The summed E-state index contributed by atoms with van der Waals surface area (Å²) in [5, 5.41) is 2.92. The number of rotatable bonds is 10. The summed E-state index contributed by atoms with van der Waals surface area (Å²) in [5.74, 6) is 0.636. The maximum Gasteiger partial charge on any atom is 0.412 e. The van der Waals surface area contributed by atoms with E-state index in [2.05, 4.69) is 53.2 Å². The van der Waals surface area contributed by atoms with E-state index in [4.69, 9.17) is 9.47 Å². The predicted octanol–water partition coefficient (Wildman–Crippen LogP) is 3.82. The topological polar surface area (TPSA) is 57.3 Å². The maximum absolute atomic E-state index is 12.3. The Kier molecular flexibility index (Phi) is 8.15. The summed E-state index contributed by atoms with van der Waals surface area (Å²) >= 11 is 0. The number of anilines is 1. The largest absolute Gasteiger partial charge is 0.412 e. The van der Waals surface area contributed by atoms with Crippen molar-refractivity contribution < 1.29 is 14.3 Å². The molecular formula is C26H42N4O3. The minimum absolute atomic E-state index is 0.0802. The number of nitrogens with one attached hydrogen (secondary N) is 1. The summed E-state index contributed by atoms with van der Waals surface area (Å²) in [7, 11) is 4.35. The highest BCUT2D eigenvalue weighted by Crippen LogP contribution is 2.51. The van der Waals surface area contributed by atoms with Crippen LogP contribution in [0.4, 0.5) is 10.5 Å². The number of carbonyl (C=O) groups is 1. The van der Waals surface area contributed by atoms with E-state index in [0.717, 1.165) is 52.1 Å². The van der Waals surface area contributed by atoms with Crippen molar-refractivity contribution in [2.75, 3.05) is 64.9 Å². The van der Waals surface area contributed by atoms with Gasteiger partial charge in [-0.25, -0.2) is 4.79 Å². The summed E-state index contributed by atoms with van der Waals surface area (Å²) in [6.07, 6.45) is 8.35.